The number of pyridine rings is 1. The van der Waals surface area contributed by atoms with Gasteiger partial charge >= 0.3 is 0 Å². The van der Waals surface area contributed by atoms with E-state index in [1.54, 1.807) is 17.4 Å². The number of amides is 2. The lowest BCUT2D eigenvalue weighted by atomic mass is 9.91. The Morgan fingerprint density at radius 1 is 1.12 bits per heavy atom. The van der Waals surface area contributed by atoms with E-state index in [1.165, 1.54) is 6.42 Å². The van der Waals surface area contributed by atoms with Crippen molar-refractivity contribution in [3.63, 3.8) is 0 Å². The molecule has 1 fully saturated rings. The van der Waals surface area contributed by atoms with Gasteiger partial charge in [-0.25, -0.2) is 0 Å². The lowest BCUT2D eigenvalue weighted by Gasteiger charge is -2.45. The van der Waals surface area contributed by atoms with Gasteiger partial charge in [0.15, 0.2) is 0 Å². The van der Waals surface area contributed by atoms with E-state index in [0.717, 1.165) is 37.1 Å². The highest BCUT2D eigenvalue weighted by atomic mass is 16.3. The molecule has 5 rings (SSSR count). The van der Waals surface area contributed by atoms with Gasteiger partial charge in [0.1, 0.15) is 17.0 Å². The highest BCUT2D eigenvalue weighted by molar-refractivity contribution is 6.00. The first kappa shape index (κ1) is 20.5. The van der Waals surface area contributed by atoms with Crippen LogP contribution in [0.2, 0.25) is 0 Å². The number of aromatic nitrogens is 2. The van der Waals surface area contributed by atoms with E-state index in [-0.39, 0.29) is 24.4 Å². The maximum atomic E-state index is 13.7. The van der Waals surface area contributed by atoms with Crippen LogP contribution >= 0.6 is 0 Å². The van der Waals surface area contributed by atoms with E-state index >= 15 is 0 Å². The van der Waals surface area contributed by atoms with Crippen molar-refractivity contribution in [1.29, 1.82) is 0 Å². The van der Waals surface area contributed by atoms with Crippen LogP contribution in [0.25, 0.3) is 11.5 Å². The number of carbonyl (C=O) groups excluding carboxylic acids is 2. The first-order valence-electron chi connectivity index (χ1n) is 11.3. The van der Waals surface area contributed by atoms with Gasteiger partial charge in [-0.2, -0.15) is 0 Å². The normalized spacial score (nSPS) is 21.4. The molecule has 0 radical (unpaired) electrons. The Morgan fingerprint density at radius 2 is 1.94 bits per heavy atom. The largest absolute Gasteiger partial charge is 0.463 e. The van der Waals surface area contributed by atoms with Gasteiger partial charge in [0.2, 0.25) is 5.91 Å². The summed E-state index contributed by atoms with van der Waals surface area (Å²) in [5.41, 5.74) is 1.05. The molecule has 32 heavy (non-hydrogen) atoms. The van der Waals surface area contributed by atoms with Gasteiger partial charge in [-0.15, -0.1) is 0 Å². The predicted octanol–water partition coefficient (Wildman–Crippen LogP) is 4.01. The average Bonchev–Trinajstić information content (AvgIpc) is 3.48. The molecule has 1 aliphatic heterocycles. The monoisotopic (exact) mass is 432 g/mol. The molecular formula is C25H28N4O3. The SMILES string of the molecule is CC1(C(=O)NC2CCCCC2)Cn2c(ccc2-c2ccco2)C(=O)N1Cc1ccccn1. The fourth-order valence-corrected chi connectivity index (χ4v) is 4.90. The first-order valence-corrected chi connectivity index (χ1v) is 11.3. The minimum Gasteiger partial charge on any atom is -0.463 e. The number of nitrogens with one attached hydrogen (secondary N) is 1. The Hall–Kier alpha value is -3.35. The summed E-state index contributed by atoms with van der Waals surface area (Å²) in [6, 6.07) is 13.2. The molecule has 0 bridgehead atoms. The predicted molar refractivity (Wildman–Crippen MR) is 120 cm³/mol. The van der Waals surface area contributed by atoms with Crippen LogP contribution in [-0.4, -0.2) is 37.8 Å². The van der Waals surface area contributed by atoms with Gasteiger partial charge in [0, 0.05) is 12.2 Å². The Bertz CT molecular complexity index is 1100. The lowest BCUT2D eigenvalue weighted by Crippen LogP contribution is -2.64. The van der Waals surface area contributed by atoms with Crippen LogP contribution in [0.5, 0.6) is 0 Å². The molecule has 166 valence electrons. The highest BCUT2D eigenvalue weighted by Gasteiger charge is 2.48. The summed E-state index contributed by atoms with van der Waals surface area (Å²) in [4.78, 5) is 33.5. The number of carbonyl (C=O) groups is 2. The highest BCUT2D eigenvalue weighted by Crippen LogP contribution is 2.34. The summed E-state index contributed by atoms with van der Waals surface area (Å²) < 4.78 is 7.51. The molecule has 1 N–H and O–H groups in total. The fourth-order valence-electron chi connectivity index (χ4n) is 4.90. The summed E-state index contributed by atoms with van der Waals surface area (Å²) >= 11 is 0. The van der Waals surface area contributed by atoms with E-state index in [2.05, 4.69) is 10.3 Å². The van der Waals surface area contributed by atoms with Gasteiger partial charge in [-0.05, 0) is 56.2 Å². The third kappa shape index (κ3) is 3.61. The van der Waals surface area contributed by atoms with Crippen LogP contribution < -0.4 is 5.32 Å². The molecule has 0 aromatic carbocycles. The van der Waals surface area contributed by atoms with E-state index in [9.17, 15) is 9.59 Å². The Balaban J connectivity index is 1.52. The average molecular weight is 433 g/mol. The molecule has 1 aliphatic carbocycles. The molecule has 7 heteroatoms. The molecule has 1 saturated carbocycles. The van der Waals surface area contributed by atoms with Crippen LogP contribution in [0.15, 0.2) is 59.3 Å². The zero-order chi connectivity index (χ0) is 22.1. The van der Waals surface area contributed by atoms with E-state index < -0.39 is 5.54 Å². The van der Waals surface area contributed by atoms with Crippen LogP contribution in [0, 0.1) is 0 Å². The molecule has 0 saturated heterocycles. The second-order valence-electron chi connectivity index (χ2n) is 8.96. The maximum absolute atomic E-state index is 13.7. The van der Waals surface area contributed by atoms with Gasteiger partial charge in [-0.1, -0.05) is 25.3 Å². The minimum atomic E-state index is -1.06. The number of fused-ring (bicyclic) bond motifs is 1. The standard InChI is InChI=1S/C25H28N4O3/c1-25(24(31)27-18-8-3-2-4-9-18)17-28-20(22-11-7-15-32-22)12-13-21(28)23(30)29(25)16-19-10-5-6-14-26-19/h5-7,10-15,18H,2-4,8-9,16-17H2,1H3,(H,27,31). The number of hydrogen-bond donors (Lipinski definition) is 1. The quantitative estimate of drug-likeness (QED) is 0.661. The molecule has 3 aromatic heterocycles. The van der Waals surface area contributed by atoms with Crippen LogP contribution in [0.4, 0.5) is 0 Å². The van der Waals surface area contributed by atoms with E-state index in [1.807, 2.05) is 54.0 Å². The summed E-state index contributed by atoms with van der Waals surface area (Å²) in [5, 5.41) is 3.25. The van der Waals surface area contributed by atoms with Crippen molar-refractivity contribution in [3.8, 4) is 11.5 Å². The number of furan rings is 1. The third-order valence-corrected chi connectivity index (χ3v) is 6.76. The Labute approximate surface area is 187 Å². The molecule has 2 amide bonds. The topological polar surface area (TPSA) is 80.4 Å². The van der Waals surface area contributed by atoms with Gasteiger partial charge < -0.3 is 19.2 Å². The van der Waals surface area contributed by atoms with Crippen molar-refractivity contribution < 1.29 is 14.0 Å². The summed E-state index contributed by atoms with van der Waals surface area (Å²) in [5.74, 6) is 0.386. The van der Waals surface area contributed by atoms with Gasteiger partial charge in [0.25, 0.3) is 5.91 Å². The molecule has 2 aliphatic rings. The number of nitrogens with zero attached hydrogens (tertiary/aromatic N) is 3. The van der Waals surface area contributed by atoms with Crippen molar-refractivity contribution in [2.45, 2.75) is 63.7 Å². The second-order valence-corrected chi connectivity index (χ2v) is 8.96. The van der Waals surface area contributed by atoms with E-state index in [4.69, 9.17) is 4.42 Å². The smallest absolute Gasteiger partial charge is 0.271 e. The van der Waals surface area contributed by atoms with Crippen molar-refractivity contribution in [1.82, 2.24) is 19.8 Å². The van der Waals surface area contributed by atoms with Gasteiger partial charge in [0.05, 0.1) is 30.7 Å². The van der Waals surface area contributed by atoms with Crippen molar-refractivity contribution in [2.24, 2.45) is 0 Å². The maximum Gasteiger partial charge on any atom is 0.271 e. The lowest BCUT2D eigenvalue weighted by molar-refractivity contribution is -0.134. The molecule has 4 heterocycles. The van der Waals surface area contributed by atoms with Gasteiger partial charge in [-0.3, -0.25) is 14.6 Å². The summed E-state index contributed by atoms with van der Waals surface area (Å²) in [6.07, 6.45) is 8.77. The molecule has 1 unspecified atom stereocenters. The Morgan fingerprint density at radius 3 is 2.66 bits per heavy atom. The van der Waals surface area contributed by atoms with Crippen molar-refractivity contribution >= 4 is 11.8 Å². The van der Waals surface area contributed by atoms with Crippen LogP contribution in [0.3, 0.4) is 0 Å². The fraction of sp³-hybridized carbons (Fsp3) is 0.400. The van der Waals surface area contributed by atoms with Crippen molar-refractivity contribution in [3.05, 3.63) is 66.3 Å². The molecular weight excluding hydrogens is 404 g/mol. The summed E-state index contributed by atoms with van der Waals surface area (Å²) in [6.45, 7) is 2.48. The van der Waals surface area contributed by atoms with E-state index in [0.29, 0.717) is 18.0 Å². The third-order valence-electron chi connectivity index (χ3n) is 6.76. The molecule has 0 spiro atoms. The summed E-state index contributed by atoms with van der Waals surface area (Å²) in [7, 11) is 0. The minimum absolute atomic E-state index is 0.113. The number of hydrogen-bond acceptors (Lipinski definition) is 4. The first-order chi connectivity index (χ1) is 15.6. The van der Waals surface area contributed by atoms with Crippen molar-refractivity contribution in [2.75, 3.05) is 0 Å². The van der Waals surface area contributed by atoms with Crippen LogP contribution in [-0.2, 0) is 17.9 Å². The zero-order valence-corrected chi connectivity index (χ0v) is 18.3. The second kappa shape index (κ2) is 8.30. The van der Waals surface area contributed by atoms with Crippen LogP contribution in [0.1, 0.15) is 55.2 Å². The molecule has 1 atom stereocenters. The Kier molecular flexibility index (Phi) is 5.33. The molecule has 3 aromatic rings. The number of rotatable bonds is 5. The molecule has 7 nitrogen and oxygen atoms in total. The zero-order valence-electron chi connectivity index (χ0n) is 18.3.